The van der Waals surface area contributed by atoms with Crippen LogP contribution >= 0.6 is 0 Å². The standard InChI is InChI=1S/C27H36N4O3/c1-7-8-13-18-30(26(33)29-27(3,4)5)19(2)24-28-21-15-10-9-14-20(21)25(32)31(24)22-16-11-12-17-23(22)34-6/h9-12,14-17,19H,7-8,13,18H2,1-6H3,(H,29,33). The summed E-state index contributed by atoms with van der Waals surface area (Å²) in [6.07, 6.45) is 2.92. The largest absolute Gasteiger partial charge is 0.495 e. The van der Waals surface area contributed by atoms with Crippen molar-refractivity contribution in [3.63, 3.8) is 0 Å². The normalized spacial score (nSPS) is 12.4. The molecule has 0 radical (unpaired) electrons. The molecule has 0 fully saturated rings. The number of amides is 2. The van der Waals surface area contributed by atoms with Crippen LogP contribution in [0.2, 0.25) is 0 Å². The van der Waals surface area contributed by atoms with Gasteiger partial charge in [-0.25, -0.2) is 9.78 Å². The van der Waals surface area contributed by atoms with Crippen LogP contribution in [0.25, 0.3) is 16.6 Å². The Morgan fingerprint density at radius 2 is 1.79 bits per heavy atom. The van der Waals surface area contributed by atoms with Crippen molar-refractivity contribution >= 4 is 16.9 Å². The molecule has 1 unspecified atom stereocenters. The summed E-state index contributed by atoms with van der Waals surface area (Å²) < 4.78 is 7.16. The lowest BCUT2D eigenvalue weighted by atomic mass is 10.1. The van der Waals surface area contributed by atoms with E-state index in [1.807, 2.05) is 70.2 Å². The highest BCUT2D eigenvalue weighted by Gasteiger charge is 2.29. The SMILES string of the molecule is CCCCCN(C(=O)NC(C)(C)C)C(C)c1nc2ccccc2c(=O)n1-c1ccccc1OC. The number of nitrogens with zero attached hydrogens (tertiary/aromatic N) is 3. The Morgan fingerprint density at radius 3 is 2.47 bits per heavy atom. The number of rotatable bonds is 8. The maximum absolute atomic E-state index is 13.8. The molecule has 7 nitrogen and oxygen atoms in total. The van der Waals surface area contributed by atoms with Gasteiger partial charge in [-0.3, -0.25) is 9.36 Å². The maximum Gasteiger partial charge on any atom is 0.318 e. The minimum absolute atomic E-state index is 0.176. The molecule has 3 rings (SSSR count). The van der Waals surface area contributed by atoms with Crippen molar-refractivity contribution in [2.45, 2.75) is 65.5 Å². The summed E-state index contributed by atoms with van der Waals surface area (Å²) in [5, 5.41) is 3.59. The van der Waals surface area contributed by atoms with Gasteiger partial charge in [0.15, 0.2) is 0 Å². The maximum atomic E-state index is 13.8. The highest BCUT2D eigenvalue weighted by atomic mass is 16.5. The molecule has 34 heavy (non-hydrogen) atoms. The number of unbranched alkanes of at least 4 members (excludes halogenated alkanes) is 2. The average Bonchev–Trinajstić information content (AvgIpc) is 2.80. The number of hydrogen-bond donors (Lipinski definition) is 1. The zero-order valence-electron chi connectivity index (χ0n) is 21.1. The fraction of sp³-hybridized carbons (Fsp3) is 0.444. The van der Waals surface area contributed by atoms with E-state index in [0.717, 1.165) is 19.3 Å². The first kappa shape index (κ1) is 25.3. The number of aromatic nitrogens is 2. The van der Waals surface area contributed by atoms with Gasteiger partial charge in [-0.1, -0.05) is 44.0 Å². The number of methoxy groups -OCH3 is 1. The van der Waals surface area contributed by atoms with E-state index in [1.54, 1.807) is 22.6 Å². The van der Waals surface area contributed by atoms with E-state index in [-0.39, 0.29) is 17.1 Å². The second-order valence-corrected chi connectivity index (χ2v) is 9.56. The van der Waals surface area contributed by atoms with Crippen LogP contribution in [0.5, 0.6) is 5.75 Å². The van der Waals surface area contributed by atoms with Crippen LogP contribution in [0.1, 0.15) is 65.7 Å². The number of benzene rings is 2. The smallest absolute Gasteiger partial charge is 0.318 e. The molecule has 3 aromatic rings. The van der Waals surface area contributed by atoms with Crippen LogP contribution in [-0.2, 0) is 0 Å². The Hall–Kier alpha value is -3.35. The lowest BCUT2D eigenvalue weighted by Crippen LogP contribution is -2.50. The lowest BCUT2D eigenvalue weighted by molar-refractivity contribution is 0.166. The van der Waals surface area contributed by atoms with Crippen molar-refractivity contribution in [1.29, 1.82) is 0 Å². The van der Waals surface area contributed by atoms with E-state index in [0.29, 0.717) is 34.7 Å². The van der Waals surface area contributed by atoms with Gasteiger partial charge in [-0.15, -0.1) is 0 Å². The predicted molar refractivity (Wildman–Crippen MR) is 137 cm³/mol. The van der Waals surface area contributed by atoms with Crippen molar-refractivity contribution in [3.05, 3.63) is 64.7 Å². The number of nitrogens with one attached hydrogen (secondary N) is 1. The molecule has 0 bridgehead atoms. The molecule has 0 aliphatic heterocycles. The molecule has 0 saturated heterocycles. The number of carbonyl (C=O) groups is 1. The summed E-state index contributed by atoms with van der Waals surface area (Å²) in [5.74, 6) is 1.06. The minimum Gasteiger partial charge on any atom is -0.495 e. The van der Waals surface area contributed by atoms with Crippen LogP contribution in [0.15, 0.2) is 53.3 Å². The number of carbonyl (C=O) groups excluding carboxylic acids is 1. The summed E-state index contributed by atoms with van der Waals surface area (Å²) >= 11 is 0. The van der Waals surface area contributed by atoms with Crippen molar-refractivity contribution in [2.24, 2.45) is 0 Å². The monoisotopic (exact) mass is 464 g/mol. The third-order valence-corrected chi connectivity index (χ3v) is 5.71. The Labute approximate surface area is 201 Å². The number of para-hydroxylation sites is 3. The number of ether oxygens (including phenoxy) is 1. The van der Waals surface area contributed by atoms with E-state index in [4.69, 9.17) is 9.72 Å². The summed E-state index contributed by atoms with van der Waals surface area (Å²) in [6.45, 7) is 10.5. The van der Waals surface area contributed by atoms with E-state index in [2.05, 4.69) is 12.2 Å². The molecule has 1 aromatic heterocycles. The molecule has 1 N–H and O–H groups in total. The Kier molecular flexibility index (Phi) is 7.97. The first-order valence-corrected chi connectivity index (χ1v) is 11.9. The van der Waals surface area contributed by atoms with E-state index >= 15 is 0 Å². The molecule has 0 spiro atoms. The van der Waals surface area contributed by atoms with Crippen LogP contribution in [0.3, 0.4) is 0 Å². The molecule has 0 aliphatic rings. The Balaban J connectivity index is 2.22. The van der Waals surface area contributed by atoms with Crippen LogP contribution in [0.4, 0.5) is 4.79 Å². The second-order valence-electron chi connectivity index (χ2n) is 9.56. The van der Waals surface area contributed by atoms with Gasteiger partial charge in [-0.05, 0) is 58.4 Å². The highest BCUT2D eigenvalue weighted by molar-refractivity contribution is 5.79. The van der Waals surface area contributed by atoms with Gasteiger partial charge in [-0.2, -0.15) is 0 Å². The van der Waals surface area contributed by atoms with Crippen LogP contribution in [0, 0.1) is 0 Å². The molecule has 0 aliphatic carbocycles. The molecule has 2 aromatic carbocycles. The van der Waals surface area contributed by atoms with Gasteiger partial charge in [0.2, 0.25) is 0 Å². The Bertz CT molecular complexity index is 1200. The molecular formula is C27H36N4O3. The molecule has 1 atom stereocenters. The van der Waals surface area contributed by atoms with Crippen LogP contribution < -0.4 is 15.6 Å². The van der Waals surface area contributed by atoms with E-state index in [9.17, 15) is 9.59 Å². The van der Waals surface area contributed by atoms with Gasteiger partial charge in [0.05, 0.1) is 29.7 Å². The lowest BCUT2D eigenvalue weighted by Gasteiger charge is -2.33. The number of urea groups is 1. The van der Waals surface area contributed by atoms with Gasteiger partial charge >= 0.3 is 6.03 Å². The summed E-state index contributed by atoms with van der Waals surface area (Å²) in [6, 6.07) is 14.0. The van der Waals surface area contributed by atoms with Gasteiger partial charge < -0.3 is 15.0 Å². The fourth-order valence-corrected chi connectivity index (χ4v) is 4.01. The van der Waals surface area contributed by atoms with E-state index < -0.39 is 6.04 Å². The van der Waals surface area contributed by atoms with Gasteiger partial charge in [0.25, 0.3) is 5.56 Å². The number of hydrogen-bond acceptors (Lipinski definition) is 4. The highest BCUT2D eigenvalue weighted by Crippen LogP contribution is 2.28. The fourth-order valence-electron chi connectivity index (χ4n) is 4.01. The third-order valence-electron chi connectivity index (χ3n) is 5.71. The average molecular weight is 465 g/mol. The molecule has 182 valence electrons. The van der Waals surface area contributed by atoms with Crippen molar-refractivity contribution in [2.75, 3.05) is 13.7 Å². The second kappa shape index (κ2) is 10.7. The van der Waals surface area contributed by atoms with Crippen molar-refractivity contribution in [3.8, 4) is 11.4 Å². The van der Waals surface area contributed by atoms with Gasteiger partial charge in [0.1, 0.15) is 11.6 Å². The molecule has 2 amide bonds. The summed E-state index contributed by atoms with van der Waals surface area (Å²) in [4.78, 5) is 33.8. The quantitative estimate of drug-likeness (QED) is 0.450. The summed E-state index contributed by atoms with van der Waals surface area (Å²) in [5.41, 5.74) is 0.616. The molecule has 0 saturated carbocycles. The van der Waals surface area contributed by atoms with Crippen molar-refractivity contribution in [1.82, 2.24) is 19.8 Å². The first-order chi connectivity index (χ1) is 16.2. The van der Waals surface area contributed by atoms with Crippen LogP contribution in [-0.4, -0.2) is 39.7 Å². The Morgan fingerprint density at radius 1 is 1.12 bits per heavy atom. The third kappa shape index (κ3) is 5.58. The summed E-state index contributed by atoms with van der Waals surface area (Å²) in [7, 11) is 1.58. The van der Waals surface area contributed by atoms with Gasteiger partial charge in [0, 0.05) is 12.1 Å². The zero-order chi connectivity index (χ0) is 24.9. The predicted octanol–water partition coefficient (Wildman–Crippen LogP) is 5.46. The number of fused-ring (bicyclic) bond motifs is 1. The molecular weight excluding hydrogens is 428 g/mol. The topological polar surface area (TPSA) is 76.5 Å². The first-order valence-electron chi connectivity index (χ1n) is 11.9. The van der Waals surface area contributed by atoms with E-state index in [1.165, 1.54) is 0 Å². The molecule has 1 heterocycles. The minimum atomic E-state index is -0.457. The zero-order valence-corrected chi connectivity index (χ0v) is 21.1. The molecule has 7 heteroatoms. The van der Waals surface area contributed by atoms with Crippen molar-refractivity contribution < 1.29 is 9.53 Å².